The molecule has 9 heteroatoms. The molecule has 0 aliphatic carbocycles. The highest BCUT2D eigenvalue weighted by molar-refractivity contribution is 6.17. The van der Waals surface area contributed by atoms with Crippen molar-refractivity contribution in [3.63, 3.8) is 0 Å². The topological polar surface area (TPSA) is 91.4 Å². The van der Waals surface area contributed by atoms with Crippen LogP contribution in [0.5, 0.6) is 0 Å². The van der Waals surface area contributed by atoms with Gasteiger partial charge in [-0.25, -0.2) is 0 Å². The lowest BCUT2D eigenvalue weighted by Crippen LogP contribution is -2.51. The number of likely N-dealkylation sites (tertiary alicyclic amines) is 1. The molecular weight excluding hydrogens is 427 g/mol. The van der Waals surface area contributed by atoms with Gasteiger partial charge in [0.1, 0.15) is 12.1 Å². The molecule has 1 saturated heterocycles. The van der Waals surface area contributed by atoms with E-state index in [0.29, 0.717) is 30.1 Å². The summed E-state index contributed by atoms with van der Waals surface area (Å²) in [5.41, 5.74) is 2.04. The van der Waals surface area contributed by atoms with Crippen molar-refractivity contribution in [3.05, 3.63) is 59.9 Å². The average molecular weight is 451 g/mol. The number of nitrogens with zero attached hydrogens (tertiary/aromatic N) is 2. The molecule has 2 atom stereocenters. The summed E-state index contributed by atoms with van der Waals surface area (Å²) < 4.78 is 0. The number of pyridine rings is 1. The van der Waals surface area contributed by atoms with Crippen LogP contribution in [0.2, 0.25) is 0 Å². The van der Waals surface area contributed by atoms with Gasteiger partial charge in [0.25, 0.3) is 5.91 Å². The van der Waals surface area contributed by atoms with Crippen LogP contribution in [0.25, 0.3) is 0 Å². The van der Waals surface area contributed by atoms with Crippen LogP contribution in [0.4, 0.5) is 5.69 Å². The molecule has 1 aliphatic heterocycles. The van der Waals surface area contributed by atoms with Crippen molar-refractivity contribution in [3.8, 4) is 0 Å². The minimum atomic E-state index is -0.743. The Morgan fingerprint density at radius 1 is 1.17 bits per heavy atom. The molecule has 1 fully saturated rings. The van der Waals surface area contributed by atoms with Crippen molar-refractivity contribution >= 4 is 47.4 Å². The van der Waals surface area contributed by atoms with E-state index in [4.69, 9.17) is 11.6 Å². The van der Waals surface area contributed by atoms with Crippen molar-refractivity contribution in [2.45, 2.75) is 37.7 Å². The smallest absolute Gasteiger partial charge is 0.252 e. The molecule has 3 rings (SSSR count). The molecule has 2 aromatic rings. The quantitative estimate of drug-likeness (QED) is 0.661. The fourth-order valence-corrected chi connectivity index (χ4v) is 3.48. The van der Waals surface area contributed by atoms with E-state index in [0.717, 1.165) is 12.0 Å². The Balaban J connectivity index is 0.00000320. The molecule has 7 nitrogen and oxygen atoms in total. The second kappa shape index (κ2) is 10.9. The molecule has 30 heavy (non-hydrogen) atoms. The molecule has 3 amide bonds. The lowest BCUT2D eigenvalue weighted by atomic mass is 10.1. The van der Waals surface area contributed by atoms with Crippen LogP contribution >= 0.6 is 24.0 Å². The number of carbonyl (C=O) groups is 3. The lowest BCUT2D eigenvalue weighted by molar-refractivity contribution is -0.137. The fourth-order valence-electron chi connectivity index (χ4n) is 3.30. The maximum Gasteiger partial charge on any atom is 0.252 e. The van der Waals surface area contributed by atoms with Gasteiger partial charge in [-0.15, -0.1) is 24.0 Å². The van der Waals surface area contributed by atoms with Crippen molar-refractivity contribution in [1.29, 1.82) is 0 Å². The number of anilines is 1. The monoisotopic (exact) mass is 450 g/mol. The van der Waals surface area contributed by atoms with E-state index in [9.17, 15) is 14.4 Å². The minimum absolute atomic E-state index is 0. The highest BCUT2D eigenvalue weighted by Crippen LogP contribution is 2.21. The summed E-state index contributed by atoms with van der Waals surface area (Å²) in [6, 6.07) is 9.11. The summed E-state index contributed by atoms with van der Waals surface area (Å²) in [5.74, 6) is -0.458. The Morgan fingerprint density at radius 2 is 1.83 bits per heavy atom. The zero-order chi connectivity index (χ0) is 20.8. The first-order chi connectivity index (χ1) is 14.0. The third kappa shape index (κ3) is 5.70. The second-order valence-electron chi connectivity index (χ2n) is 6.94. The SMILES string of the molecule is C[C@@H](NC(=O)c1ccncc1)C(=O)N1CCC[C@H]1C(=O)Nc1ccc(CCl)cc1.Cl. The number of halogens is 2. The second-order valence-corrected chi connectivity index (χ2v) is 7.21. The Hall–Kier alpha value is -2.64. The molecule has 0 radical (unpaired) electrons. The largest absolute Gasteiger partial charge is 0.341 e. The predicted octanol–water partition coefficient (Wildman–Crippen LogP) is 2.99. The fraction of sp³-hybridized carbons (Fsp3) is 0.333. The van der Waals surface area contributed by atoms with Gasteiger partial charge in [-0.2, -0.15) is 0 Å². The molecule has 2 heterocycles. The zero-order valence-corrected chi connectivity index (χ0v) is 18.1. The van der Waals surface area contributed by atoms with Crippen LogP contribution in [0.3, 0.4) is 0 Å². The van der Waals surface area contributed by atoms with Crippen LogP contribution in [0, 0.1) is 0 Å². The molecule has 1 aromatic carbocycles. The van der Waals surface area contributed by atoms with Gasteiger partial charge in [0, 0.05) is 36.1 Å². The number of aromatic nitrogens is 1. The Morgan fingerprint density at radius 3 is 2.47 bits per heavy atom. The van der Waals surface area contributed by atoms with Gasteiger partial charge < -0.3 is 15.5 Å². The number of hydrogen-bond acceptors (Lipinski definition) is 4. The first-order valence-electron chi connectivity index (χ1n) is 9.46. The number of alkyl halides is 1. The number of nitrogens with one attached hydrogen (secondary N) is 2. The third-order valence-corrected chi connectivity index (χ3v) is 5.18. The molecule has 160 valence electrons. The van der Waals surface area contributed by atoms with E-state index < -0.39 is 12.1 Å². The van der Waals surface area contributed by atoms with Gasteiger partial charge in [0.05, 0.1) is 0 Å². The maximum absolute atomic E-state index is 12.9. The Bertz CT molecular complexity index is 878. The van der Waals surface area contributed by atoms with E-state index in [1.54, 1.807) is 36.1 Å². The van der Waals surface area contributed by atoms with Crippen molar-refractivity contribution in [1.82, 2.24) is 15.2 Å². The van der Waals surface area contributed by atoms with E-state index in [1.165, 1.54) is 12.4 Å². The summed E-state index contributed by atoms with van der Waals surface area (Å²) in [4.78, 5) is 43.3. The minimum Gasteiger partial charge on any atom is -0.341 e. The average Bonchev–Trinajstić information content (AvgIpc) is 3.24. The molecule has 2 N–H and O–H groups in total. The molecular formula is C21H24Cl2N4O3. The van der Waals surface area contributed by atoms with Gasteiger partial charge in [0.15, 0.2) is 0 Å². The zero-order valence-electron chi connectivity index (χ0n) is 16.5. The van der Waals surface area contributed by atoms with Crippen molar-refractivity contribution < 1.29 is 14.4 Å². The molecule has 0 unspecified atom stereocenters. The summed E-state index contributed by atoms with van der Waals surface area (Å²) in [5, 5.41) is 5.55. The first-order valence-corrected chi connectivity index (χ1v) is 10.00. The van der Waals surface area contributed by atoms with E-state index in [2.05, 4.69) is 15.6 Å². The van der Waals surface area contributed by atoms with Gasteiger partial charge in [-0.1, -0.05) is 12.1 Å². The standard InChI is InChI=1S/C21H23ClN4O3.ClH/c1-14(24-19(27)16-8-10-23-11-9-16)21(29)26-12-2-3-18(26)20(28)25-17-6-4-15(13-22)5-7-17;/h4-11,14,18H,2-3,12-13H2,1H3,(H,24,27)(H,25,28);1H/t14-,18+;/m1./s1. The normalized spacial score (nSPS) is 16.3. The van der Waals surface area contributed by atoms with Gasteiger partial charge in [0.2, 0.25) is 11.8 Å². The molecule has 0 saturated carbocycles. The van der Waals surface area contributed by atoms with E-state index in [1.807, 2.05) is 12.1 Å². The molecule has 1 aromatic heterocycles. The highest BCUT2D eigenvalue weighted by Gasteiger charge is 2.36. The number of benzene rings is 1. The third-order valence-electron chi connectivity index (χ3n) is 4.87. The van der Waals surface area contributed by atoms with Gasteiger partial charge in [-0.3, -0.25) is 19.4 Å². The van der Waals surface area contributed by atoms with Crippen molar-refractivity contribution in [2.75, 3.05) is 11.9 Å². The highest BCUT2D eigenvalue weighted by atomic mass is 35.5. The summed E-state index contributed by atoms with van der Waals surface area (Å²) in [7, 11) is 0. The predicted molar refractivity (Wildman–Crippen MR) is 118 cm³/mol. The van der Waals surface area contributed by atoms with E-state index >= 15 is 0 Å². The van der Waals surface area contributed by atoms with Crippen LogP contribution < -0.4 is 10.6 Å². The Kier molecular flexibility index (Phi) is 8.62. The number of carbonyl (C=O) groups excluding carboxylic acids is 3. The number of hydrogen-bond donors (Lipinski definition) is 2. The molecule has 1 aliphatic rings. The van der Waals surface area contributed by atoms with Crippen LogP contribution in [0.15, 0.2) is 48.8 Å². The number of rotatable bonds is 6. The Labute approximate surface area is 186 Å². The molecule has 0 spiro atoms. The summed E-state index contributed by atoms with van der Waals surface area (Å²) in [6.45, 7) is 2.11. The lowest BCUT2D eigenvalue weighted by Gasteiger charge is -2.27. The van der Waals surface area contributed by atoms with Crippen LogP contribution in [-0.4, -0.2) is 46.2 Å². The first kappa shape index (κ1) is 23.6. The van der Waals surface area contributed by atoms with Gasteiger partial charge >= 0.3 is 0 Å². The number of amides is 3. The van der Waals surface area contributed by atoms with Crippen LogP contribution in [-0.2, 0) is 15.5 Å². The van der Waals surface area contributed by atoms with Gasteiger partial charge in [-0.05, 0) is 49.6 Å². The summed E-state index contributed by atoms with van der Waals surface area (Å²) >= 11 is 5.78. The van der Waals surface area contributed by atoms with Crippen molar-refractivity contribution in [2.24, 2.45) is 0 Å². The maximum atomic E-state index is 12.9. The molecule has 0 bridgehead atoms. The van der Waals surface area contributed by atoms with Crippen LogP contribution in [0.1, 0.15) is 35.7 Å². The van der Waals surface area contributed by atoms with E-state index in [-0.39, 0.29) is 30.1 Å². The summed E-state index contributed by atoms with van der Waals surface area (Å²) in [6.07, 6.45) is 4.35.